The molecule has 1 heterocycles. The molecule has 0 aliphatic heterocycles. The Labute approximate surface area is 173 Å². The van der Waals surface area contributed by atoms with Gasteiger partial charge in [-0.2, -0.15) is 0 Å². The van der Waals surface area contributed by atoms with Crippen LogP contribution in [0.1, 0.15) is 11.3 Å². The van der Waals surface area contributed by atoms with Gasteiger partial charge in [-0.3, -0.25) is 4.99 Å². The van der Waals surface area contributed by atoms with Crippen molar-refractivity contribution in [3.8, 4) is 5.75 Å². The molecule has 2 rings (SSSR count). The topological polar surface area (TPSA) is 51.0 Å². The van der Waals surface area contributed by atoms with E-state index in [-0.39, 0.29) is 24.0 Å². The maximum absolute atomic E-state index is 5.65. The van der Waals surface area contributed by atoms with E-state index in [0.29, 0.717) is 19.8 Å². The molecule has 6 nitrogen and oxygen atoms in total. The lowest BCUT2D eigenvalue weighted by Gasteiger charge is -2.22. The summed E-state index contributed by atoms with van der Waals surface area (Å²) in [6.45, 7) is 2.61. The minimum atomic E-state index is 0. The predicted molar refractivity (Wildman–Crippen MR) is 116 cm³/mol. The fraction of sp³-hybridized carbons (Fsp3) is 0.421. The molecule has 0 aliphatic carbocycles. The van der Waals surface area contributed by atoms with Crippen LogP contribution in [0.5, 0.6) is 5.75 Å². The number of halogens is 1. The summed E-state index contributed by atoms with van der Waals surface area (Å²) in [5.74, 6) is 1.70. The lowest BCUT2D eigenvalue weighted by molar-refractivity contribution is 0.146. The summed E-state index contributed by atoms with van der Waals surface area (Å²) in [5.41, 5.74) is 2.38. The number of methoxy groups -OCH3 is 1. The molecule has 0 bridgehead atoms. The molecular formula is C19H29IN4O2. The number of ether oxygens (including phenoxy) is 2. The lowest BCUT2D eigenvalue weighted by atomic mass is 10.2. The van der Waals surface area contributed by atoms with E-state index in [1.807, 2.05) is 25.2 Å². The molecular weight excluding hydrogens is 443 g/mol. The molecule has 1 aromatic heterocycles. The van der Waals surface area contributed by atoms with Gasteiger partial charge in [-0.25, -0.2) is 0 Å². The quantitative estimate of drug-likeness (QED) is 0.278. The Hall–Kier alpha value is -1.74. The summed E-state index contributed by atoms with van der Waals surface area (Å²) in [7, 11) is 7.55. The van der Waals surface area contributed by atoms with Crippen molar-refractivity contribution in [1.29, 1.82) is 0 Å². The number of aryl methyl sites for hydroxylation is 1. The summed E-state index contributed by atoms with van der Waals surface area (Å²) in [5, 5.41) is 3.40. The van der Waals surface area contributed by atoms with Gasteiger partial charge < -0.3 is 24.3 Å². The third kappa shape index (κ3) is 6.87. The van der Waals surface area contributed by atoms with E-state index in [0.717, 1.165) is 23.8 Å². The van der Waals surface area contributed by atoms with Gasteiger partial charge in [-0.15, -0.1) is 24.0 Å². The second-order valence-electron chi connectivity index (χ2n) is 5.86. The Kier molecular flexibility index (Phi) is 10.1. The maximum Gasteiger partial charge on any atom is 0.194 e. The third-order valence-corrected chi connectivity index (χ3v) is 3.93. The van der Waals surface area contributed by atoms with E-state index in [1.54, 1.807) is 14.2 Å². The molecule has 0 saturated carbocycles. The molecule has 0 unspecified atom stereocenters. The Morgan fingerprint density at radius 2 is 2.04 bits per heavy atom. The molecule has 0 spiro atoms. The molecule has 0 amide bonds. The van der Waals surface area contributed by atoms with Crippen molar-refractivity contribution in [2.75, 3.05) is 34.4 Å². The normalized spacial score (nSPS) is 11.0. The smallest absolute Gasteiger partial charge is 0.194 e. The van der Waals surface area contributed by atoms with Crippen LogP contribution in [-0.2, 0) is 24.9 Å². The van der Waals surface area contributed by atoms with Crippen LogP contribution >= 0.6 is 24.0 Å². The molecule has 7 heteroatoms. The zero-order chi connectivity index (χ0) is 18.1. The van der Waals surface area contributed by atoms with Crippen molar-refractivity contribution in [3.63, 3.8) is 0 Å². The number of hydrogen-bond acceptors (Lipinski definition) is 3. The first kappa shape index (κ1) is 22.3. The fourth-order valence-electron chi connectivity index (χ4n) is 2.53. The molecule has 2 aromatic rings. The van der Waals surface area contributed by atoms with Crippen molar-refractivity contribution < 1.29 is 9.47 Å². The van der Waals surface area contributed by atoms with Crippen LogP contribution in [0.3, 0.4) is 0 Å². The van der Waals surface area contributed by atoms with Crippen LogP contribution in [0.2, 0.25) is 0 Å². The Balaban J connectivity index is 0.00000338. The molecule has 0 atom stereocenters. The van der Waals surface area contributed by atoms with E-state index in [4.69, 9.17) is 9.47 Å². The second kappa shape index (κ2) is 11.8. The number of nitrogens with one attached hydrogen (secondary N) is 1. The number of aliphatic imine (C=N–C) groups is 1. The standard InChI is InChI=1S/C19H28N4O2.HI/c1-20-19(23(3)15-17-8-6-10-22(17)2)21-14-16-7-5-9-18(13-16)25-12-11-24-4;/h5-10,13H,11-12,14-15H2,1-4H3,(H,20,21);1H. The van der Waals surface area contributed by atoms with Crippen LogP contribution < -0.4 is 10.1 Å². The summed E-state index contributed by atoms with van der Waals surface area (Å²) in [6.07, 6.45) is 2.05. The number of guanidine groups is 1. The molecule has 1 aromatic carbocycles. The summed E-state index contributed by atoms with van der Waals surface area (Å²) >= 11 is 0. The van der Waals surface area contributed by atoms with Crippen LogP contribution in [0.4, 0.5) is 0 Å². The lowest BCUT2D eigenvalue weighted by Crippen LogP contribution is -2.38. The largest absolute Gasteiger partial charge is 0.491 e. The Morgan fingerprint density at radius 3 is 2.69 bits per heavy atom. The van der Waals surface area contributed by atoms with Crippen molar-refractivity contribution >= 4 is 29.9 Å². The zero-order valence-corrected chi connectivity index (χ0v) is 18.3. The summed E-state index contributed by atoms with van der Waals surface area (Å²) < 4.78 is 12.8. The van der Waals surface area contributed by atoms with E-state index in [1.165, 1.54) is 5.69 Å². The van der Waals surface area contributed by atoms with Gasteiger partial charge in [-0.1, -0.05) is 12.1 Å². The minimum absolute atomic E-state index is 0. The van der Waals surface area contributed by atoms with Gasteiger partial charge in [-0.05, 0) is 29.8 Å². The highest BCUT2D eigenvalue weighted by Gasteiger charge is 2.08. The molecule has 26 heavy (non-hydrogen) atoms. The minimum Gasteiger partial charge on any atom is -0.491 e. The molecule has 0 aliphatic rings. The highest BCUT2D eigenvalue weighted by atomic mass is 127. The van der Waals surface area contributed by atoms with Gasteiger partial charge in [0.2, 0.25) is 0 Å². The molecule has 0 radical (unpaired) electrons. The fourth-order valence-corrected chi connectivity index (χ4v) is 2.53. The second-order valence-corrected chi connectivity index (χ2v) is 5.86. The first-order chi connectivity index (χ1) is 12.1. The third-order valence-electron chi connectivity index (χ3n) is 3.93. The van der Waals surface area contributed by atoms with Gasteiger partial charge in [0.05, 0.1) is 13.2 Å². The average molecular weight is 472 g/mol. The van der Waals surface area contributed by atoms with E-state index < -0.39 is 0 Å². The van der Waals surface area contributed by atoms with Gasteiger partial charge >= 0.3 is 0 Å². The van der Waals surface area contributed by atoms with E-state index >= 15 is 0 Å². The van der Waals surface area contributed by atoms with E-state index in [9.17, 15) is 0 Å². The summed E-state index contributed by atoms with van der Waals surface area (Å²) in [4.78, 5) is 6.48. The van der Waals surface area contributed by atoms with Gasteiger partial charge in [0.1, 0.15) is 12.4 Å². The van der Waals surface area contributed by atoms with Crippen molar-refractivity contribution in [2.24, 2.45) is 12.0 Å². The monoisotopic (exact) mass is 472 g/mol. The number of benzene rings is 1. The summed E-state index contributed by atoms with van der Waals surface area (Å²) in [6, 6.07) is 12.2. The Morgan fingerprint density at radius 1 is 1.23 bits per heavy atom. The molecule has 0 fully saturated rings. The maximum atomic E-state index is 5.65. The number of aromatic nitrogens is 1. The van der Waals surface area contributed by atoms with Crippen LogP contribution in [0, 0.1) is 0 Å². The van der Waals surface area contributed by atoms with Gasteiger partial charge in [0.25, 0.3) is 0 Å². The van der Waals surface area contributed by atoms with Gasteiger partial charge in [0.15, 0.2) is 5.96 Å². The zero-order valence-electron chi connectivity index (χ0n) is 15.9. The average Bonchev–Trinajstić information content (AvgIpc) is 3.01. The van der Waals surface area contributed by atoms with Crippen LogP contribution in [-0.4, -0.2) is 49.8 Å². The number of hydrogen-bond donors (Lipinski definition) is 1. The molecule has 144 valence electrons. The van der Waals surface area contributed by atoms with Crippen molar-refractivity contribution in [1.82, 2.24) is 14.8 Å². The molecule has 1 N–H and O–H groups in total. The first-order valence-corrected chi connectivity index (χ1v) is 8.36. The van der Waals surface area contributed by atoms with Crippen molar-refractivity contribution in [2.45, 2.75) is 13.1 Å². The van der Waals surface area contributed by atoms with Crippen LogP contribution in [0.15, 0.2) is 47.6 Å². The Bertz CT molecular complexity index is 688. The van der Waals surface area contributed by atoms with Crippen molar-refractivity contribution in [3.05, 3.63) is 53.9 Å². The number of rotatable bonds is 8. The predicted octanol–water partition coefficient (Wildman–Crippen LogP) is 2.88. The highest BCUT2D eigenvalue weighted by Crippen LogP contribution is 2.13. The molecule has 0 saturated heterocycles. The first-order valence-electron chi connectivity index (χ1n) is 8.36. The SMILES string of the molecule is CN=C(NCc1cccc(OCCOC)c1)N(C)Cc1cccn1C.I. The number of nitrogens with zero attached hydrogens (tertiary/aromatic N) is 3. The van der Waals surface area contributed by atoms with E-state index in [2.05, 4.69) is 51.2 Å². The highest BCUT2D eigenvalue weighted by molar-refractivity contribution is 14.0. The van der Waals surface area contributed by atoms with Gasteiger partial charge in [0, 0.05) is 46.7 Å². The van der Waals surface area contributed by atoms with Crippen LogP contribution in [0.25, 0.3) is 0 Å².